The first kappa shape index (κ1) is 21.2. The van der Waals surface area contributed by atoms with Crippen LogP contribution in [0.25, 0.3) is 10.2 Å². The van der Waals surface area contributed by atoms with E-state index in [-0.39, 0.29) is 12.5 Å². The van der Waals surface area contributed by atoms with E-state index in [1.807, 2.05) is 79.7 Å². The fraction of sp³-hybridized carbons (Fsp3) is 0.192. The molecule has 0 bridgehead atoms. The first-order valence-corrected chi connectivity index (χ1v) is 11.6. The highest BCUT2D eigenvalue weighted by Crippen LogP contribution is 2.29. The number of carbonyl (C=O) groups is 2. The van der Waals surface area contributed by atoms with Crippen molar-refractivity contribution in [2.45, 2.75) is 32.5 Å². The molecule has 33 heavy (non-hydrogen) atoms. The number of ether oxygens (including phenoxy) is 1. The van der Waals surface area contributed by atoms with E-state index in [1.165, 1.54) is 16.2 Å². The lowest BCUT2D eigenvalue weighted by atomic mass is 9.94. The molecular formula is C26H23N3O3S. The maximum Gasteiger partial charge on any atom is 0.411 e. The molecule has 0 saturated heterocycles. The molecular weight excluding hydrogens is 434 g/mol. The van der Waals surface area contributed by atoms with Crippen LogP contribution in [0.5, 0.6) is 0 Å². The highest BCUT2D eigenvalue weighted by Gasteiger charge is 2.36. The lowest BCUT2D eigenvalue weighted by Gasteiger charge is -2.35. The number of benzene rings is 3. The van der Waals surface area contributed by atoms with Crippen molar-refractivity contribution in [1.82, 2.24) is 9.88 Å². The van der Waals surface area contributed by atoms with Gasteiger partial charge in [0.15, 0.2) is 5.13 Å². The number of aryl methyl sites for hydroxylation is 1. The van der Waals surface area contributed by atoms with E-state index in [9.17, 15) is 9.59 Å². The Hall–Kier alpha value is -3.71. The smallest absolute Gasteiger partial charge is 0.411 e. The van der Waals surface area contributed by atoms with Gasteiger partial charge in [-0.2, -0.15) is 0 Å². The molecule has 1 atom stereocenters. The van der Waals surface area contributed by atoms with Crippen molar-refractivity contribution < 1.29 is 14.3 Å². The third-order valence-corrected chi connectivity index (χ3v) is 6.70. The van der Waals surface area contributed by atoms with E-state index in [4.69, 9.17) is 4.74 Å². The maximum atomic E-state index is 13.3. The second-order valence-electron chi connectivity index (χ2n) is 8.14. The summed E-state index contributed by atoms with van der Waals surface area (Å²) in [6.45, 7) is 2.50. The van der Waals surface area contributed by atoms with Crippen molar-refractivity contribution in [1.29, 1.82) is 0 Å². The van der Waals surface area contributed by atoms with E-state index in [2.05, 4.69) is 10.3 Å². The van der Waals surface area contributed by atoms with Crippen molar-refractivity contribution >= 4 is 38.7 Å². The second-order valence-corrected chi connectivity index (χ2v) is 9.17. The molecule has 0 saturated carbocycles. The molecule has 6 nitrogen and oxygen atoms in total. The SMILES string of the molecule is Cc1ccc2nc(NC(=O)[C@H]3Cc4ccccc4CN3C(=O)OCc3ccccc3)sc2c1. The Balaban J connectivity index is 1.37. The average Bonchev–Trinajstić information content (AvgIpc) is 3.23. The quantitative estimate of drug-likeness (QED) is 0.451. The number of nitrogens with one attached hydrogen (secondary N) is 1. The van der Waals surface area contributed by atoms with Gasteiger partial charge < -0.3 is 10.1 Å². The van der Waals surface area contributed by atoms with Gasteiger partial charge in [-0.25, -0.2) is 9.78 Å². The van der Waals surface area contributed by atoms with E-state index in [0.717, 1.165) is 32.5 Å². The molecule has 0 fully saturated rings. The topological polar surface area (TPSA) is 71.5 Å². The second kappa shape index (κ2) is 9.03. The van der Waals surface area contributed by atoms with E-state index in [0.29, 0.717) is 18.1 Å². The molecule has 3 aromatic carbocycles. The first-order chi connectivity index (χ1) is 16.1. The number of anilines is 1. The number of hydrogen-bond acceptors (Lipinski definition) is 5. The van der Waals surface area contributed by atoms with Crippen molar-refractivity contribution in [3.05, 3.63) is 95.1 Å². The summed E-state index contributed by atoms with van der Waals surface area (Å²) in [5.74, 6) is -0.267. The number of aromatic nitrogens is 1. The molecule has 2 amide bonds. The fourth-order valence-electron chi connectivity index (χ4n) is 4.03. The summed E-state index contributed by atoms with van der Waals surface area (Å²) in [4.78, 5) is 32.4. The monoisotopic (exact) mass is 457 g/mol. The van der Waals surface area contributed by atoms with Crippen LogP contribution in [0.4, 0.5) is 9.93 Å². The minimum absolute atomic E-state index is 0.156. The molecule has 0 spiro atoms. The van der Waals surface area contributed by atoms with Crippen molar-refractivity contribution in [2.24, 2.45) is 0 Å². The molecule has 0 radical (unpaired) electrons. The van der Waals surface area contributed by atoms with E-state index >= 15 is 0 Å². The van der Waals surface area contributed by atoms with Crippen LogP contribution in [0.3, 0.4) is 0 Å². The Bertz CT molecular complexity index is 1320. The average molecular weight is 458 g/mol. The number of thiazole rings is 1. The highest BCUT2D eigenvalue weighted by molar-refractivity contribution is 7.22. The predicted octanol–water partition coefficient (Wildman–Crippen LogP) is 5.31. The summed E-state index contributed by atoms with van der Waals surface area (Å²) >= 11 is 1.43. The van der Waals surface area contributed by atoms with Gasteiger partial charge in [0.25, 0.3) is 0 Å². The summed E-state index contributed by atoms with van der Waals surface area (Å²) < 4.78 is 6.58. The maximum absolute atomic E-state index is 13.3. The largest absolute Gasteiger partial charge is 0.445 e. The molecule has 0 unspecified atom stereocenters. The van der Waals surface area contributed by atoms with Gasteiger partial charge in [-0.1, -0.05) is 72.0 Å². The van der Waals surface area contributed by atoms with Crippen LogP contribution in [0.1, 0.15) is 22.3 Å². The lowest BCUT2D eigenvalue weighted by Crippen LogP contribution is -2.50. The predicted molar refractivity (Wildman–Crippen MR) is 129 cm³/mol. The van der Waals surface area contributed by atoms with Crippen LogP contribution in [0.2, 0.25) is 0 Å². The van der Waals surface area contributed by atoms with Gasteiger partial charge in [-0.3, -0.25) is 9.69 Å². The minimum Gasteiger partial charge on any atom is -0.445 e. The fourth-order valence-corrected chi connectivity index (χ4v) is 4.99. The van der Waals surface area contributed by atoms with Gasteiger partial charge in [-0.05, 0) is 41.3 Å². The van der Waals surface area contributed by atoms with Gasteiger partial charge in [-0.15, -0.1) is 0 Å². The number of amides is 2. The van der Waals surface area contributed by atoms with Crippen LogP contribution in [0, 0.1) is 6.92 Å². The number of hydrogen-bond donors (Lipinski definition) is 1. The third-order valence-electron chi connectivity index (χ3n) is 5.76. The van der Waals surface area contributed by atoms with Crippen LogP contribution < -0.4 is 5.32 Å². The molecule has 7 heteroatoms. The number of carbonyl (C=O) groups excluding carboxylic acids is 2. The van der Waals surface area contributed by atoms with Crippen molar-refractivity contribution in [2.75, 3.05) is 5.32 Å². The van der Waals surface area contributed by atoms with Gasteiger partial charge in [0.2, 0.25) is 5.91 Å². The third kappa shape index (κ3) is 4.59. The van der Waals surface area contributed by atoms with Gasteiger partial charge in [0.05, 0.1) is 16.8 Å². The number of nitrogens with zero attached hydrogens (tertiary/aromatic N) is 2. The van der Waals surface area contributed by atoms with Crippen LogP contribution >= 0.6 is 11.3 Å². The summed E-state index contributed by atoms with van der Waals surface area (Å²) in [7, 11) is 0. The number of rotatable bonds is 4. The normalized spacial score (nSPS) is 15.2. The van der Waals surface area contributed by atoms with E-state index in [1.54, 1.807) is 0 Å². The van der Waals surface area contributed by atoms with Crippen LogP contribution in [-0.2, 0) is 29.1 Å². The minimum atomic E-state index is -0.683. The van der Waals surface area contributed by atoms with Gasteiger partial charge >= 0.3 is 6.09 Å². The summed E-state index contributed by atoms with van der Waals surface area (Å²) in [5, 5.41) is 3.45. The Morgan fingerprint density at radius 2 is 1.82 bits per heavy atom. The molecule has 1 aliphatic rings. The molecule has 166 valence electrons. The Morgan fingerprint density at radius 1 is 1.06 bits per heavy atom. The molecule has 4 aromatic rings. The molecule has 1 aromatic heterocycles. The zero-order valence-electron chi connectivity index (χ0n) is 18.2. The van der Waals surface area contributed by atoms with Gasteiger partial charge in [0, 0.05) is 6.42 Å². The molecule has 1 aliphatic heterocycles. The first-order valence-electron chi connectivity index (χ1n) is 10.8. The Morgan fingerprint density at radius 3 is 2.64 bits per heavy atom. The zero-order valence-corrected chi connectivity index (χ0v) is 19.0. The van der Waals surface area contributed by atoms with Crippen LogP contribution in [0.15, 0.2) is 72.8 Å². The summed E-state index contributed by atoms with van der Waals surface area (Å²) in [5.41, 5.74) is 4.96. The van der Waals surface area contributed by atoms with Crippen LogP contribution in [-0.4, -0.2) is 27.9 Å². The lowest BCUT2D eigenvalue weighted by molar-refractivity contribution is -0.121. The van der Waals surface area contributed by atoms with Crippen molar-refractivity contribution in [3.8, 4) is 0 Å². The van der Waals surface area contributed by atoms with Crippen molar-refractivity contribution in [3.63, 3.8) is 0 Å². The summed E-state index contributed by atoms with van der Waals surface area (Å²) in [6.07, 6.45) is -0.0830. The standard InChI is InChI=1S/C26H23N3O3S/c1-17-11-12-21-23(13-17)33-25(27-21)28-24(30)22-14-19-9-5-6-10-20(19)15-29(22)26(31)32-16-18-7-3-2-4-8-18/h2-13,22H,14-16H2,1H3,(H,27,28,30)/t22-/m1/s1. The molecule has 5 rings (SSSR count). The highest BCUT2D eigenvalue weighted by atomic mass is 32.1. The van der Waals surface area contributed by atoms with E-state index < -0.39 is 12.1 Å². The van der Waals surface area contributed by atoms with Gasteiger partial charge in [0.1, 0.15) is 12.6 Å². The Labute approximate surface area is 195 Å². The molecule has 1 N–H and O–H groups in total. The molecule has 2 heterocycles. The zero-order chi connectivity index (χ0) is 22.8. The summed E-state index contributed by atoms with van der Waals surface area (Å²) in [6, 6.07) is 22.7. The number of fused-ring (bicyclic) bond motifs is 2. The molecule has 0 aliphatic carbocycles. The Kier molecular flexibility index (Phi) is 5.79.